The van der Waals surface area contributed by atoms with E-state index >= 15 is 0 Å². The van der Waals surface area contributed by atoms with Crippen LogP contribution in [0.5, 0.6) is 0 Å². The summed E-state index contributed by atoms with van der Waals surface area (Å²) < 4.78 is 8.10. The normalized spacial score (nSPS) is 18.2. The number of fused-ring (bicyclic) bond motifs is 1. The maximum absolute atomic E-state index is 13.8. The number of carbonyl (C=O) groups excluding carboxylic acids is 1. The molecule has 0 saturated carbocycles. The molecule has 0 aliphatic carbocycles. The summed E-state index contributed by atoms with van der Waals surface area (Å²) in [5.41, 5.74) is 5.63. The molecule has 2 aliphatic rings. The Kier molecular flexibility index (Phi) is 9.83. The molecule has 260 valence electrons. The number of H-pyrrole nitrogens is 1. The molecule has 2 saturated heterocycles. The van der Waals surface area contributed by atoms with Gasteiger partial charge in [-0.05, 0) is 93.2 Å². The number of aromatic nitrogens is 7. The number of benzene rings is 1. The zero-order chi connectivity index (χ0) is 34.6. The molecule has 2 aliphatic heterocycles. The second-order valence-corrected chi connectivity index (χ2v) is 13.2. The smallest absolute Gasteiger partial charge is 0.407 e. The zero-order valence-corrected chi connectivity index (χ0v) is 28.6. The minimum absolute atomic E-state index is 0.0681. The molecule has 2 amide bonds. The first-order valence-corrected chi connectivity index (χ1v) is 17.6. The number of aromatic amines is 1. The van der Waals surface area contributed by atoms with Gasteiger partial charge in [0.05, 0.1) is 18.3 Å². The third kappa shape index (κ3) is 6.95. The Labute approximate surface area is 290 Å². The number of carbonyl (C=O) groups is 2. The Morgan fingerprint density at radius 2 is 1.90 bits per heavy atom. The largest absolute Gasteiger partial charge is 0.465 e. The van der Waals surface area contributed by atoms with Gasteiger partial charge in [0.1, 0.15) is 17.2 Å². The number of nitrogens with one attached hydrogen (secondary N) is 1. The van der Waals surface area contributed by atoms with E-state index in [0.717, 1.165) is 83.9 Å². The SMILES string of the molecule is CCN(Cc1cncc(-c2ccc3c(c2)c(-c2ncc(C(=O)N4CCCC(Cc5ncccn5)CC4)[nH]2)nn3C2CCCCO2)c1C)C(=O)O. The fourth-order valence-corrected chi connectivity index (χ4v) is 7.15. The van der Waals surface area contributed by atoms with Gasteiger partial charge < -0.3 is 24.6 Å². The van der Waals surface area contributed by atoms with Gasteiger partial charge in [-0.25, -0.2) is 24.4 Å². The van der Waals surface area contributed by atoms with Crippen molar-refractivity contribution in [2.45, 2.75) is 71.6 Å². The van der Waals surface area contributed by atoms with E-state index in [2.05, 4.69) is 31.0 Å². The molecule has 2 fully saturated rings. The second-order valence-electron chi connectivity index (χ2n) is 13.2. The predicted molar refractivity (Wildman–Crippen MR) is 187 cm³/mol. The minimum atomic E-state index is -0.963. The molecular formula is C37H43N9O4. The number of hydrogen-bond donors (Lipinski definition) is 2. The number of rotatable bonds is 9. The highest BCUT2D eigenvalue weighted by atomic mass is 16.5. The number of likely N-dealkylation sites (tertiary alicyclic amines) is 1. The maximum atomic E-state index is 13.8. The molecule has 2 N–H and O–H groups in total. The van der Waals surface area contributed by atoms with Crippen molar-refractivity contribution in [1.29, 1.82) is 0 Å². The van der Waals surface area contributed by atoms with Crippen LogP contribution in [0.1, 0.15) is 79.1 Å². The Hall–Kier alpha value is -5.17. The summed E-state index contributed by atoms with van der Waals surface area (Å²) >= 11 is 0. The Morgan fingerprint density at radius 1 is 1.04 bits per heavy atom. The molecule has 13 heteroatoms. The number of amides is 2. The molecule has 2 atom stereocenters. The maximum Gasteiger partial charge on any atom is 0.407 e. The highest BCUT2D eigenvalue weighted by molar-refractivity contribution is 5.97. The quantitative estimate of drug-likeness (QED) is 0.184. The summed E-state index contributed by atoms with van der Waals surface area (Å²) in [5, 5.41) is 15.5. The number of nitrogens with zero attached hydrogens (tertiary/aromatic N) is 8. The average Bonchev–Trinajstić information content (AvgIpc) is 3.71. The minimum Gasteiger partial charge on any atom is -0.465 e. The van der Waals surface area contributed by atoms with Gasteiger partial charge in [-0.3, -0.25) is 9.78 Å². The Balaban J connectivity index is 1.18. The topological polar surface area (TPSA) is 155 Å². The van der Waals surface area contributed by atoms with Crippen LogP contribution in [0.3, 0.4) is 0 Å². The van der Waals surface area contributed by atoms with Crippen molar-refractivity contribution in [3.8, 4) is 22.6 Å². The summed E-state index contributed by atoms with van der Waals surface area (Å²) in [4.78, 5) is 50.0. The molecule has 6 heterocycles. The molecule has 0 spiro atoms. The standard InChI is InChI=1S/C37H43N9O4/c1-3-44(37(48)49)23-27-20-38-21-29(24(27)2)26-10-11-31-28(19-26)34(43-46(31)33-9-4-5-17-50-33)35-41-22-30(42-35)36(47)45-15-6-8-25(12-16-45)18-32-39-13-7-14-40-32/h7,10-11,13-14,19-22,25,33H,3-6,8-9,12,15-18,23H2,1-2H3,(H,41,42)(H,48,49). The van der Waals surface area contributed by atoms with Gasteiger partial charge in [0.2, 0.25) is 0 Å². The molecule has 5 aromatic rings. The van der Waals surface area contributed by atoms with Gasteiger partial charge in [-0.1, -0.05) is 6.07 Å². The number of imidazole rings is 1. The number of pyridine rings is 1. The lowest BCUT2D eigenvalue weighted by Gasteiger charge is -2.23. The monoisotopic (exact) mass is 677 g/mol. The van der Waals surface area contributed by atoms with Crippen LogP contribution < -0.4 is 0 Å². The van der Waals surface area contributed by atoms with E-state index in [1.165, 1.54) is 4.90 Å². The van der Waals surface area contributed by atoms with Crippen molar-refractivity contribution >= 4 is 22.9 Å². The first-order chi connectivity index (χ1) is 24.4. The van der Waals surface area contributed by atoms with Crippen molar-refractivity contribution in [3.05, 3.63) is 77.9 Å². The van der Waals surface area contributed by atoms with E-state index < -0.39 is 6.09 Å². The van der Waals surface area contributed by atoms with Crippen molar-refractivity contribution < 1.29 is 19.4 Å². The van der Waals surface area contributed by atoms with E-state index in [0.29, 0.717) is 49.4 Å². The fraction of sp³-hybridized carbons (Fsp3) is 0.432. The molecule has 1 aromatic carbocycles. The third-order valence-electron chi connectivity index (χ3n) is 10.0. The van der Waals surface area contributed by atoms with Gasteiger partial charge in [0, 0.05) is 68.4 Å². The van der Waals surface area contributed by atoms with Crippen LogP contribution in [-0.4, -0.2) is 87.8 Å². The molecule has 0 radical (unpaired) electrons. The lowest BCUT2D eigenvalue weighted by molar-refractivity contribution is -0.0365. The van der Waals surface area contributed by atoms with E-state index in [4.69, 9.17) is 9.84 Å². The summed E-state index contributed by atoms with van der Waals surface area (Å²) in [6.45, 7) is 6.49. The van der Waals surface area contributed by atoms with E-state index in [1.807, 2.05) is 47.8 Å². The first-order valence-electron chi connectivity index (χ1n) is 17.6. The molecular weight excluding hydrogens is 634 g/mol. The summed E-state index contributed by atoms with van der Waals surface area (Å²) in [6.07, 6.45) is 14.1. The second kappa shape index (κ2) is 14.8. The molecule has 50 heavy (non-hydrogen) atoms. The van der Waals surface area contributed by atoms with Gasteiger partial charge in [-0.2, -0.15) is 5.10 Å². The average molecular weight is 678 g/mol. The van der Waals surface area contributed by atoms with Crippen molar-refractivity contribution in [1.82, 2.24) is 44.5 Å². The zero-order valence-electron chi connectivity index (χ0n) is 28.6. The number of ether oxygens (including phenoxy) is 1. The first kappa shape index (κ1) is 33.3. The van der Waals surface area contributed by atoms with Crippen LogP contribution >= 0.6 is 0 Å². The van der Waals surface area contributed by atoms with E-state index in [-0.39, 0.29) is 18.7 Å². The molecule has 7 rings (SSSR count). The van der Waals surface area contributed by atoms with Crippen LogP contribution in [0.25, 0.3) is 33.5 Å². The molecule has 4 aromatic heterocycles. The number of carboxylic acid groups (broad SMARTS) is 1. The number of hydrogen-bond acceptors (Lipinski definition) is 8. The molecule has 13 nitrogen and oxygen atoms in total. The summed E-state index contributed by atoms with van der Waals surface area (Å²) in [6, 6.07) is 8.00. The highest BCUT2D eigenvalue weighted by Gasteiger charge is 2.27. The van der Waals surface area contributed by atoms with E-state index in [1.54, 1.807) is 24.8 Å². The highest BCUT2D eigenvalue weighted by Crippen LogP contribution is 2.36. The van der Waals surface area contributed by atoms with Crippen molar-refractivity contribution in [2.24, 2.45) is 5.92 Å². The fourth-order valence-electron chi connectivity index (χ4n) is 7.15. The van der Waals surface area contributed by atoms with Crippen molar-refractivity contribution in [2.75, 3.05) is 26.2 Å². The van der Waals surface area contributed by atoms with Crippen molar-refractivity contribution in [3.63, 3.8) is 0 Å². The van der Waals surface area contributed by atoms with Crippen LogP contribution in [0, 0.1) is 12.8 Å². The van der Waals surface area contributed by atoms with E-state index in [9.17, 15) is 14.7 Å². The van der Waals surface area contributed by atoms with Gasteiger partial charge in [0.15, 0.2) is 12.1 Å². The Bertz CT molecular complexity index is 1970. The van der Waals surface area contributed by atoms with Gasteiger partial charge >= 0.3 is 6.09 Å². The predicted octanol–water partition coefficient (Wildman–Crippen LogP) is 6.27. The Morgan fingerprint density at radius 3 is 2.68 bits per heavy atom. The summed E-state index contributed by atoms with van der Waals surface area (Å²) in [5.74, 6) is 1.73. The lowest BCUT2D eigenvalue weighted by Crippen LogP contribution is -2.32. The lowest BCUT2D eigenvalue weighted by atomic mass is 9.96. The third-order valence-corrected chi connectivity index (χ3v) is 10.0. The van der Waals surface area contributed by atoms with Gasteiger partial charge in [-0.15, -0.1) is 0 Å². The molecule has 2 unspecified atom stereocenters. The van der Waals surface area contributed by atoms with Crippen LogP contribution in [0.15, 0.2) is 55.2 Å². The van der Waals surface area contributed by atoms with Crippen LogP contribution in [-0.2, 0) is 17.7 Å². The van der Waals surface area contributed by atoms with Crippen LogP contribution in [0.4, 0.5) is 4.79 Å². The van der Waals surface area contributed by atoms with Gasteiger partial charge in [0.25, 0.3) is 5.91 Å². The summed E-state index contributed by atoms with van der Waals surface area (Å²) in [7, 11) is 0. The molecule has 0 bridgehead atoms. The van der Waals surface area contributed by atoms with Crippen LogP contribution in [0.2, 0.25) is 0 Å².